The van der Waals surface area contributed by atoms with Crippen LogP contribution in [0.2, 0.25) is 0 Å². The van der Waals surface area contributed by atoms with Crippen LogP contribution in [-0.2, 0) is 20.7 Å². The smallest absolute Gasteiger partial charge is 0.275 e. The number of halogens is 3. The Hall–Kier alpha value is -4.84. The van der Waals surface area contributed by atoms with Crippen molar-refractivity contribution in [2.75, 3.05) is 62.5 Å². The molecule has 0 radical (unpaired) electrons. The first-order valence-corrected chi connectivity index (χ1v) is 19.6. The summed E-state index contributed by atoms with van der Waals surface area (Å²) >= 11 is 2.00. The number of pyridine rings is 1. The molecule has 2 aromatic heterocycles. The lowest BCUT2D eigenvalue weighted by atomic mass is 9.96. The molecule has 5 aromatic rings. The number of nitrogens with one attached hydrogen (secondary N) is 2. The Bertz CT molecular complexity index is 2260. The van der Waals surface area contributed by atoms with Crippen LogP contribution in [0.5, 0.6) is 0 Å². The number of hydrogen-bond donors (Lipinski definition) is 2. The molecule has 2 aliphatic heterocycles. The fourth-order valence-corrected chi connectivity index (χ4v) is 7.30. The molecule has 0 saturated carbocycles. The number of ether oxygens (including phenoxy) is 2. The summed E-state index contributed by atoms with van der Waals surface area (Å²) in [4.78, 5) is 51.0. The Balaban J connectivity index is 1.01. The lowest BCUT2D eigenvalue weighted by Gasteiger charge is -2.37. The van der Waals surface area contributed by atoms with Crippen molar-refractivity contribution in [3.8, 4) is 11.3 Å². The number of benzene rings is 3. The van der Waals surface area contributed by atoms with E-state index >= 15 is 4.39 Å². The summed E-state index contributed by atoms with van der Waals surface area (Å²) in [6.07, 6.45) is -0.111. The number of nitrogens with zero attached hydrogens (tertiary/aromatic N) is 5. The second kappa shape index (κ2) is 17.5. The first-order valence-electron chi connectivity index (χ1n) is 18.5. The Kier molecular flexibility index (Phi) is 12.3. The first-order chi connectivity index (χ1) is 27.1. The molecule has 292 valence electrons. The molecule has 2 N–H and O–H groups in total. The van der Waals surface area contributed by atoms with Crippen LogP contribution in [0.4, 0.5) is 20.5 Å². The summed E-state index contributed by atoms with van der Waals surface area (Å²) in [5.74, 6) is -0.687. The maximum Gasteiger partial charge on any atom is 0.275 e. The van der Waals surface area contributed by atoms with Crippen LogP contribution >= 0.6 is 22.6 Å². The van der Waals surface area contributed by atoms with E-state index < -0.39 is 17.5 Å². The number of hydrogen-bond acceptors (Lipinski definition) is 10. The molecule has 2 saturated heterocycles. The Labute approximate surface area is 337 Å². The van der Waals surface area contributed by atoms with Gasteiger partial charge in [0.2, 0.25) is 5.95 Å². The van der Waals surface area contributed by atoms with Gasteiger partial charge in [-0.25, -0.2) is 19.2 Å². The molecule has 56 heavy (non-hydrogen) atoms. The molecular formula is C41H42F2IN7O5. The van der Waals surface area contributed by atoms with Gasteiger partial charge in [0.25, 0.3) is 11.8 Å². The van der Waals surface area contributed by atoms with Crippen LogP contribution in [0.1, 0.15) is 51.3 Å². The number of carbonyl (C=O) groups excluding carboxylic acids is 2. The maximum absolute atomic E-state index is 15.2. The van der Waals surface area contributed by atoms with E-state index in [1.807, 2.05) is 40.8 Å². The minimum absolute atomic E-state index is 0.0272. The molecule has 15 heteroatoms. The summed E-state index contributed by atoms with van der Waals surface area (Å²) in [5.41, 5.74) is 5.35. The number of hydroxylamine groups is 1. The van der Waals surface area contributed by atoms with E-state index in [0.717, 1.165) is 16.8 Å². The standard InChI is InChI=1S/C41H42F2IN7O5/c1-24-7-10-31(33(36(24)43)20-27-8-9-30(44)21-34(27)42)40(53)49-56-16-13-45-39(52)29-6-4-5-28(19-29)35-12-11-32-37(46-35)47-41(51-15-18-55-23-26(51)3)48-38(32)50-14-17-54-22-25(50)2/h4-12,19,21,25-26H,13-18,20,22-23H2,1-3H3,(H,45,52)(H,49,53)/t25-,26-/m1/s1. The predicted molar refractivity (Wildman–Crippen MR) is 217 cm³/mol. The van der Waals surface area contributed by atoms with Crippen molar-refractivity contribution >= 4 is 57.2 Å². The van der Waals surface area contributed by atoms with Crippen LogP contribution in [0.15, 0.2) is 66.7 Å². The minimum atomic E-state index is -0.685. The Morgan fingerprint density at radius 3 is 2.43 bits per heavy atom. The van der Waals surface area contributed by atoms with Gasteiger partial charge in [-0.3, -0.25) is 14.4 Å². The van der Waals surface area contributed by atoms with Gasteiger partial charge < -0.3 is 24.6 Å². The quantitative estimate of drug-likeness (QED) is 0.0925. The summed E-state index contributed by atoms with van der Waals surface area (Å²) in [5, 5.41) is 3.63. The average Bonchev–Trinajstić information content (AvgIpc) is 3.20. The molecule has 3 aromatic carbocycles. The fraction of sp³-hybridized carbons (Fsp3) is 0.341. The fourth-order valence-electron chi connectivity index (χ4n) is 6.85. The van der Waals surface area contributed by atoms with E-state index in [-0.39, 0.29) is 54.3 Å². The summed E-state index contributed by atoms with van der Waals surface area (Å²) in [7, 11) is 0. The number of fused-ring (bicyclic) bond motifs is 1. The van der Waals surface area contributed by atoms with E-state index in [4.69, 9.17) is 29.3 Å². The van der Waals surface area contributed by atoms with Crippen molar-refractivity contribution in [3.63, 3.8) is 0 Å². The number of aryl methyl sites for hydroxylation is 1. The third kappa shape index (κ3) is 8.75. The van der Waals surface area contributed by atoms with Crippen LogP contribution in [0.3, 0.4) is 0 Å². The highest BCUT2D eigenvalue weighted by molar-refractivity contribution is 14.1. The third-order valence-corrected chi connectivity index (χ3v) is 10.6. The number of morpholine rings is 2. The zero-order chi connectivity index (χ0) is 39.3. The lowest BCUT2D eigenvalue weighted by Crippen LogP contribution is -2.46. The minimum Gasteiger partial charge on any atom is -0.377 e. The topological polar surface area (TPSA) is 131 Å². The van der Waals surface area contributed by atoms with Crippen molar-refractivity contribution in [1.29, 1.82) is 0 Å². The van der Waals surface area contributed by atoms with Gasteiger partial charge in [0, 0.05) is 51.9 Å². The summed E-state index contributed by atoms with van der Waals surface area (Å²) < 4.78 is 41.9. The van der Waals surface area contributed by atoms with Crippen LogP contribution in [0, 0.1) is 22.1 Å². The van der Waals surface area contributed by atoms with E-state index in [2.05, 4.69) is 34.4 Å². The largest absolute Gasteiger partial charge is 0.377 e. The van der Waals surface area contributed by atoms with Crippen LogP contribution in [0.25, 0.3) is 22.3 Å². The molecule has 2 atom stereocenters. The van der Waals surface area contributed by atoms with Crippen LogP contribution in [-0.4, -0.2) is 91.5 Å². The van der Waals surface area contributed by atoms with E-state index in [0.29, 0.717) is 71.5 Å². The van der Waals surface area contributed by atoms with Crippen LogP contribution < -0.4 is 20.6 Å². The van der Waals surface area contributed by atoms with Gasteiger partial charge in [0.15, 0.2) is 5.65 Å². The SMILES string of the molecule is Cc1ccc(C(=O)NOCCNC(=O)c2cccc(-c3ccc4c(N5CCOC[C@H]5C)nc(N5CCOC[C@H]5C)nc4n3)c2)c(Cc2ccc(I)cc2F)c1F. The Morgan fingerprint density at radius 1 is 0.911 bits per heavy atom. The number of aromatic nitrogens is 3. The Morgan fingerprint density at radius 2 is 1.68 bits per heavy atom. The van der Waals surface area contributed by atoms with Gasteiger partial charge in [-0.2, -0.15) is 9.97 Å². The number of anilines is 2. The third-order valence-electron chi connectivity index (χ3n) is 9.93. The van der Waals surface area contributed by atoms with Crippen molar-refractivity contribution in [2.24, 2.45) is 0 Å². The molecule has 7 rings (SSSR count). The van der Waals surface area contributed by atoms with Gasteiger partial charge in [-0.05, 0) is 97.0 Å². The number of carbonyl (C=O) groups is 2. The second-order valence-corrected chi connectivity index (χ2v) is 15.1. The average molecular weight is 878 g/mol. The van der Waals surface area contributed by atoms with Crippen molar-refractivity contribution in [1.82, 2.24) is 25.7 Å². The zero-order valence-electron chi connectivity index (χ0n) is 31.3. The molecule has 0 bridgehead atoms. The summed E-state index contributed by atoms with van der Waals surface area (Å²) in [6.45, 7) is 9.55. The molecule has 12 nitrogen and oxygen atoms in total. The first kappa shape index (κ1) is 39.4. The highest BCUT2D eigenvalue weighted by atomic mass is 127. The molecule has 2 aliphatic rings. The van der Waals surface area contributed by atoms with E-state index in [1.54, 1.807) is 37.3 Å². The molecule has 2 fully saturated rings. The monoisotopic (exact) mass is 877 g/mol. The molecule has 0 unspecified atom stereocenters. The maximum atomic E-state index is 15.2. The predicted octanol–water partition coefficient (Wildman–Crippen LogP) is 6.02. The zero-order valence-corrected chi connectivity index (χ0v) is 33.4. The summed E-state index contributed by atoms with van der Waals surface area (Å²) in [6, 6.07) is 18.9. The lowest BCUT2D eigenvalue weighted by molar-refractivity contribution is 0.0322. The van der Waals surface area contributed by atoms with E-state index in [1.165, 1.54) is 18.2 Å². The molecule has 2 amide bonds. The van der Waals surface area contributed by atoms with Crippen molar-refractivity contribution in [3.05, 3.63) is 110 Å². The number of rotatable bonds is 11. The molecular weight excluding hydrogens is 835 g/mol. The van der Waals surface area contributed by atoms with Crippen molar-refractivity contribution < 1.29 is 32.7 Å². The normalized spacial score (nSPS) is 17.2. The van der Waals surface area contributed by atoms with E-state index in [9.17, 15) is 14.0 Å². The van der Waals surface area contributed by atoms with Gasteiger partial charge in [-0.15, -0.1) is 0 Å². The van der Waals surface area contributed by atoms with Gasteiger partial charge >= 0.3 is 0 Å². The van der Waals surface area contributed by atoms with Crippen molar-refractivity contribution in [2.45, 2.75) is 39.3 Å². The van der Waals surface area contributed by atoms with Gasteiger partial charge in [-0.1, -0.05) is 24.3 Å². The highest BCUT2D eigenvalue weighted by Gasteiger charge is 2.28. The number of amides is 2. The molecule has 4 heterocycles. The second-order valence-electron chi connectivity index (χ2n) is 13.9. The van der Waals surface area contributed by atoms with Gasteiger partial charge in [0.1, 0.15) is 17.5 Å². The molecule has 0 spiro atoms. The highest BCUT2D eigenvalue weighted by Crippen LogP contribution is 2.32. The van der Waals surface area contributed by atoms with Gasteiger partial charge in [0.05, 0.1) is 56.2 Å². The molecule has 0 aliphatic carbocycles.